The van der Waals surface area contributed by atoms with Crippen molar-refractivity contribution < 1.29 is 0 Å². The zero-order chi connectivity index (χ0) is 7.23. The highest BCUT2D eigenvalue weighted by atomic mass is 35.5. The number of hydrogen-bond donors (Lipinski definition) is 0. The second-order valence-electron chi connectivity index (χ2n) is 2.29. The van der Waals surface area contributed by atoms with Gasteiger partial charge in [0.25, 0.3) is 0 Å². The molecule has 1 aromatic carbocycles. The largest absolute Gasteiger partial charge is 0.147 e. The van der Waals surface area contributed by atoms with E-state index in [0.717, 1.165) is 8.58 Å². The molecule has 0 heterocycles. The first-order valence-corrected chi connectivity index (χ1v) is 4.93. The first-order chi connectivity index (χ1) is 4.93. The molecule has 0 aromatic heterocycles. The lowest BCUT2D eigenvalue weighted by atomic mass is 10.4. The summed E-state index contributed by atoms with van der Waals surface area (Å²) in [7, 11) is 1.00. The van der Waals surface area contributed by atoms with E-state index in [1.807, 2.05) is 0 Å². The molecule has 1 rings (SSSR count). The first kappa shape index (κ1) is 10.9. The first-order valence-electron chi connectivity index (χ1n) is 3.72. The topological polar surface area (TPSA) is 0 Å². The van der Waals surface area contributed by atoms with Crippen molar-refractivity contribution in [2.75, 3.05) is 6.16 Å². The molecule has 0 bridgehead atoms. The highest BCUT2D eigenvalue weighted by Crippen LogP contribution is 2.09. The molecular weight excluding hydrogens is 175 g/mol. The molecule has 0 aliphatic carbocycles. The van der Waals surface area contributed by atoms with E-state index >= 15 is 0 Å². The Bertz CT molecular complexity index is 174. The van der Waals surface area contributed by atoms with Crippen molar-refractivity contribution in [2.24, 2.45) is 0 Å². The maximum absolute atomic E-state index is 2.23. The lowest BCUT2D eigenvalue weighted by Gasteiger charge is -1.96. The van der Waals surface area contributed by atoms with Gasteiger partial charge in [-0.05, 0) is 11.5 Å². The summed E-state index contributed by atoms with van der Waals surface area (Å²) in [4.78, 5) is 0. The molecule has 11 heavy (non-hydrogen) atoms. The highest BCUT2D eigenvalue weighted by Gasteiger charge is 1.86. The molecule has 0 aliphatic heterocycles. The normalized spacial score (nSPS) is 9.91. The van der Waals surface area contributed by atoms with E-state index in [-0.39, 0.29) is 12.4 Å². The van der Waals surface area contributed by atoms with Crippen LogP contribution in [-0.4, -0.2) is 6.16 Å². The Hall–Kier alpha value is -0.0600. The third kappa shape index (κ3) is 4.40. The molecule has 0 spiro atoms. The Morgan fingerprint density at radius 3 is 2.36 bits per heavy atom. The Morgan fingerprint density at radius 1 is 1.18 bits per heavy atom. The van der Waals surface area contributed by atoms with E-state index in [4.69, 9.17) is 0 Å². The SMILES string of the molecule is CCCPc1ccccc1.Cl. The van der Waals surface area contributed by atoms with Crippen molar-refractivity contribution >= 4 is 26.3 Å². The number of rotatable bonds is 3. The van der Waals surface area contributed by atoms with Gasteiger partial charge in [-0.1, -0.05) is 52.3 Å². The van der Waals surface area contributed by atoms with E-state index in [1.165, 1.54) is 17.9 Å². The maximum atomic E-state index is 2.23. The summed E-state index contributed by atoms with van der Waals surface area (Å²) in [5.41, 5.74) is 0. The van der Waals surface area contributed by atoms with E-state index in [9.17, 15) is 0 Å². The van der Waals surface area contributed by atoms with Crippen LogP contribution in [0, 0.1) is 0 Å². The van der Waals surface area contributed by atoms with Crippen LogP contribution >= 0.6 is 21.0 Å². The third-order valence-electron chi connectivity index (χ3n) is 1.35. The van der Waals surface area contributed by atoms with Crippen LogP contribution in [0.25, 0.3) is 0 Å². The minimum atomic E-state index is 0. The molecule has 0 N–H and O–H groups in total. The highest BCUT2D eigenvalue weighted by molar-refractivity contribution is 7.47. The van der Waals surface area contributed by atoms with Gasteiger partial charge in [0.05, 0.1) is 0 Å². The monoisotopic (exact) mass is 188 g/mol. The van der Waals surface area contributed by atoms with Crippen molar-refractivity contribution in [1.29, 1.82) is 0 Å². The third-order valence-corrected chi connectivity index (χ3v) is 2.84. The van der Waals surface area contributed by atoms with Crippen LogP contribution in [0.2, 0.25) is 0 Å². The molecule has 62 valence electrons. The predicted octanol–water partition coefficient (Wildman–Crippen LogP) is 2.82. The molecule has 1 unspecified atom stereocenters. The molecule has 0 amide bonds. The maximum Gasteiger partial charge on any atom is -0.0271 e. The van der Waals surface area contributed by atoms with Crippen LogP contribution in [0.5, 0.6) is 0 Å². The van der Waals surface area contributed by atoms with Crippen LogP contribution in [0.1, 0.15) is 13.3 Å². The fourth-order valence-corrected chi connectivity index (χ4v) is 1.79. The Kier molecular flexibility index (Phi) is 6.60. The summed E-state index contributed by atoms with van der Waals surface area (Å²) in [6.45, 7) is 2.23. The van der Waals surface area contributed by atoms with Gasteiger partial charge >= 0.3 is 0 Å². The molecule has 0 nitrogen and oxygen atoms in total. The quantitative estimate of drug-likeness (QED) is 0.640. The van der Waals surface area contributed by atoms with E-state index in [1.54, 1.807) is 0 Å². The molecule has 0 saturated carbocycles. The van der Waals surface area contributed by atoms with Gasteiger partial charge in [0.2, 0.25) is 0 Å². The fourth-order valence-electron chi connectivity index (χ4n) is 0.825. The van der Waals surface area contributed by atoms with Gasteiger partial charge in [-0.25, -0.2) is 0 Å². The summed E-state index contributed by atoms with van der Waals surface area (Å²) < 4.78 is 0. The predicted molar refractivity (Wildman–Crippen MR) is 56.8 cm³/mol. The number of halogens is 1. The average molecular weight is 189 g/mol. The number of hydrogen-bond acceptors (Lipinski definition) is 0. The van der Waals surface area contributed by atoms with Crippen LogP contribution in [0.3, 0.4) is 0 Å². The van der Waals surface area contributed by atoms with Gasteiger partial charge in [0.15, 0.2) is 0 Å². The minimum absolute atomic E-state index is 0. The molecule has 0 radical (unpaired) electrons. The molecule has 2 heteroatoms. The van der Waals surface area contributed by atoms with Crippen molar-refractivity contribution in [3.05, 3.63) is 30.3 Å². The van der Waals surface area contributed by atoms with Crippen molar-refractivity contribution in [2.45, 2.75) is 13.3 Å². The van der Waals surface area contributed by atoms with Crippen molar-refractivity contribution in [3.8, 4) is 0 Å². The second-order valence-corrected chi connectivity index (χ2v) is 3.72. The summed E-state index contributed by atoms with van der Waals surface area (Å²) >= 11 is 0. The summed E-state index contributed by atoms with van der Waals surface area (Å²) in [5, 5.41) is 1.49. The second kappa shape index (κ2) is 6.64. The van der Waals surface area contributed by atoms with Gasteiger partial charge in [0, 0.05) is 0 Å². The summed E-state index contributed by atoms with van der Waals surface area (Å²) in [5.74, 6) is 0. The zero-order valence-corrected chi connectivity index (χ0v) is 8.53. The van der Waals surface area contributed by atoms with E-state index < -0.39 is 0 Å². The Balaban J connectivity index is 0.000001000. The molecule has 0 saturated heterocycles. The zero-order valence-electron chi connectivity index (χ0n) is 6.71. The van der Waals surface area contributed by atoms with Crippen LogP contribution < -0.4 is 5.30 Å². The molecule has 1 aromatic rings. The van der Waals surface area contributed by atoms with Crippen LogP contribution in [0.4, 0.5) is 0 Å². The van der Waals surface area contributed by atoms with Crippen molar-refractivity contribution in [3.63, 3.8) is 0 Å². The Labute approximate surface area is 76.6 Å². The average Bonchev–Trinajstić information content (AvgIpc) is 2.03. The van der Waals surface area contributed by atoms with Gasteiger partial charge in [-0.3, -0.25) is 0 Å². The summed E-state index contributed by atoms with van der Waals surface area (Å²) in [6, 6.07) is 10.7. The van der Waals surface area contributed by atoms with Gasteiger partial charge < -0.3 is 0 Å². The molecular formula is C9H14ClP. The van der Waals surface area contributed by atoms with Gasteiger partial charge in [-0.2, -0.15) is 0 Å². The Morgan fingerprint density at radius 2 is 1.82 bits per heavy atom. The lowest BCUT2D eigenvalue weighted by molar-refractivity contribution is 1.10. The minimum Gasteiger partial charge on any atom is -0.147 e. The van der Waals surface area contributed by atoms with Crippen molar-refractivity contribution in [1.82, 2.24) is 0 Å². The van der Waals surface area contributed by atoms with Crippen LogP contribution in [-0.2, 0) is 0 Å². The molecule has 1 atom stereocenters. The smallest absolute Gasteiger partial charge is 0.0271 e. The van der Waals surface area contributed by atoms with Gasteiger partial charge in [0.1, 0.15) is 0 Å². The van der Waals surface area contributed by atoms with E-state index in [0.29, 0.717) is 0 Å². The van der Waals surface area contributed by atoms with Crippen LogP contribution in [0.15, 0.2) is 30.3 Å². The number of benzene rings is 1. The lowest BCUT2D eigenvalue weighted by Crippen LogP contribution is -1.91. The fraction of sp³-hybridized carbons (Fsp3) is 0.333. The van der Waals surface area contributed by atoms with Gasteiger partial charge in [-0.15, -0.1) is 12.4 Å². The van der Waals surface area contributed by atoms with E-state index in [2.05, 4.69) is 37.3 Å². The summed E-state index contributed by atoms with van der Waals surface area (Å²) in [6.07, 6.45) is 2.64. The standard InChI is InChI=1S/C9H13P.ClH/c1-2-8-10-9-6-4-3-5-7-9;/h3-7,10H,2,8H2,1H3;1H. The molecule has 0 fully saturated rings. The molecule has 0 aliphatic rings.